The lowest BCUT2D eigenvalue weighted by Crippen LogP contribution is -2.39. The zero-order valence-electron chi connectivity index (χ0n) is 12.6. The van der Waals surface area contributed by atoms with Gasteiger partial charge in [-0.3, -0.25) is 9.59 Å². The van der Waals surface area contributed by atoms with E-state index in [4.69, 9.17) is 10.8 Å². The molecule has 0 spiro atoms. The number of hydrogen-bond donors (Lipinski definition) is 3. The average molecular weight is 292 g/mol. The Morgan fingerprint density at radius 1 is 1.19 bits per heavy atom. The minimum absolute atomic E-state index is 0.0201. The van der Waals surface area contributed by atoms with E-state index in [1.54, 1.807) is 6.92 Å². The van der Waals surface area contributed by atoms with Crippen molar-refractivity contribution in [2.75, 3.05) is 0 Å². The summed E-state index contributed by atoms with van der Waals surface area (Å²) < 4.78 is 0. The molecular formula is C16H24N2O3. The Hall–Kier alpha value is -1.88. The summed E-state index contributed by atoms with van der Waals surface area (Å²) in [5.74, 6) is -1.34. The lowest BCUT2D eigenvalue weighted by molar-refractivity contribution is -0.141. The van der Waals surface area contributed by atoms with Crippen LogP contribution in [0.15, 0.2) is 30.3 Å². The highest BCUT2D eigenvalue weighted by molar-refractivity contribution is 5.83. The minimum atomic E-state index is -0.780. The molecule has 3 atom stereocenters. The van der Waals surface area contributed by atoms with Gasteiger partial charge in [0.15, 0.2) is 0 Å². The van der Waals surface area contributed by atoms with Crippen LogP contribution in [0.4, 0.5) is 0 Å². The van der Waals surface area contributed by atoms with E-state index in [2.05, 4.69) is 5.32 Å². The number of carboxylic acids is 1. The molecule has 4 N–H and O–H groups in total. The summed E-state index contributed by atoms with van der Waals surface area (Å²) in [6.45, 7) is 3.60. The van der Waals surface area contributed by atoms with E-state index < -0.39 is 12.0 Å². The Morgan fingerprint density at radius 2 is 1.81 bits per heavy atom. The first-order chi connectivity index (χ1) is 9.91. The molecule has 0 aliphatic rings. The summed E-state index contributed by atoms with van der Waals surface area (Å²) in [6.07, 6.45) is 2.11. The minimum Gasteiger partial charge on any atom is -0.481 e. The molecule has 1 amide bonds. The van der Waals surface area contributed by atoms with E-state index in [-0.39, 0.29) is 17.9 Å². The zero-order valence-corrected chi connectivity index (χ0v) is 12.6. The van der Waals surface area contributed by atoms with Crippen molar-refractivity contribution in [1.29, 1.82) is 0 Å². The second kappa shape index (κ2) is 8.42. The number of hydrogen-bond acceptors (Lipinski definition) is 3. The number of benzene rings is 1. The van der Waals surface area contributed by atoms with Crippen LogP contribution >= 0.6 is 0 Å². The van der Waals surface area contributed by atoms with Gasteiger partial charge in [-0.1, -0.05) is 43.7 Å². The monoisotopic (exact) mass is 292 g/mol. The van der Waals surface area contributed by atoms with E-state index in [0.717, 1.165) is 18.4 Å². The summed E-state index contributed by atoms with van der Waals surface area (Å²) in [6, 6.07) is 8.52. The maximum absolute atomic E-state index is 12.0. The summed E-state index contributed by atoms with van der Waals surface area (Å²) in [4.78, 5) is 22.7. The fourth-order valence-electron chi connectivity index (χ4n) is 2.07. The molecule has 0 heterocycles. The number of nitrogens with two attached hydrogens (primary N) is 1. The van der Waals surface area contributed by atoms with Crippen LogP contribution in [0.25, 0.3) is 0 Å². The fraction of sp³-hybridized carbons (Fsp3) is 0.500. The molecule has 0 aliphatic carbocycles. The molecule has 21 heavy (non-hydrogen) atoms. The van der Waals surface area contributed by atoms with E-state index in [0.29, 0.717) is 6.42 Å². The Labute approximate surface area is 125 Å². The molecule has 0 bridgehead atoms. The highest BCUT2D eigenvalue weighted by Gasteiger charge is 2.17. The van der Waals surface area contributed by atoms with Crippen LogP contribution in [0, 0.1) is 5.92 Å². The summed E-state index contributed by atoms with van der Waals surface area (Å²) in [7, 11) is 0. The van der Waals surface area contributed by atoms with Crippen molar-refractivity contribution in [3.63, 3.8) is 0 Å². The topological polar surface area (TPSA) is 92.4 Å². The predicted octanol–water partition coefficient (Wildman–Crippen LogP) is 2.08. The Kier molecular flexibility index (Phi) is 6.88. The van der Waals surface area contributed by atoms with Gasteiger partial charge < -0.3 is 16.2 Å². The molecule has 5 nitrogen and oxygen atoms in total. The maximum atomic E-state index is 12.0. The van der Waals surface area contributed by atoms with Gasteiger partial charge in [-0.25, -0.2) is 0 Å². The van der Waals surface area contributed by atoms with Crippen LogP contribution in [0.1, 0.15) is 44.7 Å². The number of carbonyl (C=O) groups excluding carboxylic acids is 1. The molecule has 116 valence electrons. The van der Waals surface area contributed by atoms with Gasteiger partial charge in [0, 0.05) is 6.04 Å². The lowest BCUT2D eigenvalue weighted by Gasteiger charge is -2.18. The van der Waals surface area contributed by atoms with Gasteiger partial charge >= 0.3 is 5.97 Å². The van der Waals surface area contributed by atoms with E-state index >= 15 is 0 Å². The summed E-state index contributed by atoms with van der Waals surface area (Å²) >= 11 is 0. The number of aliphatic carboxylic acids is 1. The van der Waals surface area contributed by atoms with Crippen LogP contribution in [-0.4, -0.2) is 23.0 Å². The molecule has 1 aromatic carbocycles. The first kappa shape index (κ1) is 17.2. The van der Waals surface area contributed by atoms with Crippen LogP contribution < -0.4 is 11.1 Å². The van der Waals surface area contributed by atoms with Gasteiger partial charge in [-0.2, -0.15) is 0 Å². The molecule has 5 heteroatoms. The first-order valence-corrected chi connectivity index (χ1v) is 7.25. The van der Waals surface area contributed by atoms with Gasteiger partial charge in [-0.15, -0.1) is 0 Å². The summed E-state index contributed by atoms with van der Waals surface area (Å²) in [5, 5.41) is 11.7. The third-order valence-electron chi connectivity index (χ3n) is 3.53. The third kappa shape index (κ3) is 5.95. The second-order valence-corrected chi connectivity index (χ2v) is 5.47. The fourth-order valence-corrected chi connectivity index (χ4v) is 2.07. The molecule has 0 saturated heterocycles. The molecule has 0 aliphatic heterocycles. The lowest BCUT2D eigenvalue weighted by atomic mass is 10.0. The van der Waals surface area contributed by atoms with Crippen LogP contribution in [-0.2, 0) is 9.59 Å². The Morgan fingerprint density at radius 3 is 2.38 bits per heavy atom. The average Bonchev–Trinajstić information content (AvgIpc) is 2.46. The number of nitrogens with one attached hydrogen (secondary N) is 1. The zero-order chi connectivity index (χ0) is 15.8. The normalized spacial score (nSPS) is 15.0. The van der Waals surface area contributed by atoms with E-state index in [1.807, 2.05) is 37.3 Å². The van der Waals surface area contributed by atoms with Gasteiger partial charge in [-0.05, 0) is 25.3 Å². The van der Waals surface area contributed by atoms with E-state index in [9.17, 15) is 9.59 Å². The van der Waals surface area contributed by atoms with Crippen molar-refractivity contribution >= 4 is 11.9 Å². The van der Waals surface area contributed by atoms with Crippen LogP contribution in [0.3, 0.4) is 0 Å². The van der Waals surface area contributed by atoms with Crippen molar-refractivity contribution in [1.82, 2.24) is 5.32 Å². The van der Waals surface area contributed by atoms with Crippen molar-refractivity contribution < 1.29 is 14.7 Å². The first-order valence-electron chi connectivity index (χ1n) is 7.25. The Balaban J connectivity index is 2.35. The van der Waals surface area contributed by atoms with Crippen molar-refractivity contribution in [3.8, 4) is 0 Å². The molecule has 0 aromatic heterocycles. The van der Waals surface area contributed by atoms with Gasteiger partial charge in [0.1, 0.15) is 6.04 Å². The van der Waals surface area contributed by atoms with Crippen LogP contribution in [0.5, 0.6) is 0 Å². The maximum Gasteiger partial charge on any atom is 0.306 e. The second-order valence-electron chi connectivity index (χ2n) is 5.47. The highest BCUT2D eigenvalue weighted by Crippen LogP contribution is 2.12. The molecule has 0 radical (unpaired) electrons. The number of carbonyl (C=O) groups is 2. The molecule has 0 fully saturated rings. The Bertz CT molecular complexity index is 462. The number of carboxylic acid groups (broad SMARTS) is 1. The van der Waals surface area contributed by atoms with Crippen molar-refractivity contribution in [2.45, 2.75) is 45.2 Å². The predicted molar refractivity (Wildman–Crippen MR) is 81.6 cm³/mol. The van der Waals surface area contributed by atoms with Crippen LogP contribution in [0.2, 0.25) is 0 Å². The smallest absolute Gasteiger partial charge is 0.306 e. The van der Waals surface area contributed by atoms with Gasteiger partial charge in [0.05, 0.1) is 5.92 Å². The van der Waals surface area contributed by atoms with E-state index in [1.165, 1.54) is 0 Å². The quantitative estimate of drug-likeness (QED) is 0.684. The summed E-state index contributed by atoms with van der Waals surface area (Å²) in [5.41, 5.74) is 6.69. The van der Waals surface area contributed by atoms with Crippen molar-refractivity contribution in [2.24, 2.45) is 11.7 Å². The SMILES string of the molecule is CC(CCCC(C)C(=O)O)NC(=O)[C@@H](N)c1ccccc1. The molecule has 1 aromatic rings. The molecule has 2 unspecified atom stereocenters. The number of rotatable bonds is 8. The van der Waals surface area contributed by atoms with Gasteiger partial charge in [0.2, 0.25) is 5.91 Å². The number of amides is 1. The molecular weight excluding hydrogens is 268 g/mol. The van der Waals surface area contributed by atoms with Gasteiger partial charge in [0.25, 0.3) is 0 Å². The molecule has 0 saturated carbocycles. The largest absolute Gasteiger partial charge is 0.481 e. The molecule has 1 rings (SSSR count). The highest BCUT2D eigenvalue weighted by atomic mass is 16.4. The third-order valence-corrected chi connectivity index (χ3v) is 3.53. The standard InChI is InChI=1S/C16H24N2O3/c1-11(16(20)21)7-6-8-12(2)18-15(19)14(17)13-9-4-3-5-10-13/h3-5,9-12,14H,6-8,17H2,1-2H3,(H,18,19)(H,20,21)/t11?,12?,14-/m0/s1. The van der Waals surface area contributed by atoms with Crippen molar-refractivity contribution in [3.05, 3.63) is 35.9 Å².